The van der Waals surface area contributed by atoms with Gasteiger partial charge in [-0.1, -0.05) is 54.2 Å². The smallest absolute Gasteiger partial charge is 0.234 e. The Labute approximate surface area is 216 Å². The van der Waals surface area contributed by atoms with Crippen molar-refractivity contribution in [1.82, 2.24) is 10.3 Å². The van der Waals surface area contributed by atoms with Crippen LogP contribution in [0.5, 0.6) is 5.75 Å². The monoisotopic (exact) mass is 521 g/mol. The lowest BCUT2D eigenvalue weighted by atomic mass is 10.2. The molecule has 0 spiro atoms. The van der Waals surface area contributed by atoms with E-state index in [-0.39, 0.29) is 29.8 Å². The molecule has 4 rings (SSSR count). The summed E-state index contributed by atoms with van der Waals surface area (Å²) in [6, 6.07) is 23.2. The number of halogens is 1. The topological polar surface area (TPSA) is 80.3 Å². The van der Waals surface area contributed by atoms with E-state index in [2.05, 4.69) is 15.6 Å². The van der Waals surface area contributed by atoms with Gasteiger partial charge in [-0.2, -0.15) is 0 Å². The van der Waals surface area contributed by atoms with E-state index in [1.165, 1.54) is 47.4 Å². The molecule has 0 bridgehead atoms. The molecule has 36 heavy (non-hydrogen) atoms. The van der Waals surface area contributed by atoms with Crippen molar-refractivity contribution >= 4 is 40.6 Å². The van der Waals surface area contributed by atoms with Crippen molar-refractivity contribution in [3.05, 3.63) is 107 Å². The first kappa shape index (κ1) is 25.4. The van der Waals surface area contributed by atoms with E-state index >= 15 is 0 Å². The fourth-order valence-corrected chi connectivity index (χ4v) is 4.81. The lowest BCUT2D eigenvalue weighted by molar-refractivity contribution is -0.120. The molecule has 0 saturated heterocycles. The molecule has 2 amide bonds. The Morgan fingerprint density at radius 3 is 2.42 bits per heavy atom. The molecule has 0 atom stereocenters. The third-order valence-electron chi connectivity index (χ3n) is 4.99. The second kappa shape index (κ2) is 12.9. The largest absolute Gasteiger partial charge is 0.489 e. The number of hydrogen-bond donors (Lipinski definition) is 2. The summed E-state index contributed by atoms with van der Waals surface area (Å²) < 4.78 is 19.4. The molecule has 0 saturated carbocycles. The number of nitrogens with zero attached hydrogens (tertiary/aromatic N) is 1. The second-order valence-corrected chi connectivity index (χ2v) is 9.90. The van der Waals surface area contributed by atoms with Crippen LogP contribution < -0.4 is 15.4 Å². The van der Waals surface area contributed by atoms with Gasteiger partial charge in [0.25, 0.3) is 0 Å². The number of aromatic nitrogens is 1. The molecule has 9 heteroatoms. The Kier molecular flexibility index (Phi) is 9.07. The molecule has 0 unspecified atom stereocenters. The van der Waals surface area contributed by atoms with Crippen molar-refractivity contribution in [3.8, 4) is 5.75 Å². The van der Waals surface area contributed by atoms with Crippen LogP contribution in [0.4, 0.5) is 10.1 Å². The van der Waals surface area contributed by atoms with Crippen LogP contribution in [0.15, 0.2) is 88.6 Å². The quantitative estimate of drug-likeness (QED) is 0.257. The van der Waals surface area contributed by atoms with Crippen molar-refractivity contribution in [1.29, 1.82) is 0 Å². The van der Waals surface area contributed by atoms with Gasteiger partial charge in [0.05, 0.1) is 17.9 Å². The number of carbonyl (C=O) groups is 2. The van der Waals surface area contributed by atoms with Crippen LogP contribution in [0.25, 0.3) is 0 Å². The number of hydrogen-bond acceptors (Lipinski definition) is 6. The molecular formula is C27H24FN3O3S2. The van der Waals surface area contributed by atoms with E-state index in [0.29, 0.717) is 28.9 Å². The molecule has 1 heterocycles. The highest BCUT2D eigenvalue weighted by Crippen LogP contribution is 2.23. The zero-order valence-electron chi connectivity index (χ0n) is 19.3. The van der Waals surface area contributed by atoms with E-state index in [4.69, 9.17) is 4.74 Å². The van der Waals surface area contributed by atoms with Crippen molar-refractivity contribution in [3.63, 3.8) is 0 Å². The normalized spacial score (nSPS) is 10.6. The molecule has 184 valence electrons. The van der Waals surface area contributed by atoms with Crippen LogP contribution in [0.1, 0.15) is 16.8 Å². The maximum atomic E-state index is 13.0. The lowest BCUT2D eigenvalue weighted by Gasteiger charge is -2.08. The molecule has 0 radical (unpaired) electrons. The van der Waals surface area contributed by atoms with Gasteiger partial charge in [-0.25, -0.2) is 9.37 Å². The predicted molar refractivity (Wildman–Crippen MR) is 141 cm³/mol. The summed E-state index contributed by atoms with van der Waals surface area (Å²) in [6.45, 7) is 0.914. The number of thiazole rings is 1. The Bertz CT molecular complexity index is 1280. The fraction of sp³-hybridized carbons (Fsp3) is 0.148. The predicted octanol–water partition coefficient (Wildman–Crippen LogP) is 5.45. The molecule has 1 aromatic heterocycles. The lowest BCUT2D eigenvalue weighted by Crippen LogP contribution is -2.24. The van der Waals surface area contributed by atoms with Crippen molar-refractivity contribution in [2.45, 2.75) is 23.9 Å². The van der Waals surface area contributed by atoms with Crippen LogP contribution in [0.3, 0.4) is 0 Å². The number of anilines is 1. The standard InChI is InChI=1S/C27H24FN3O3S2/c28-21-8-10-22(11-9-21)30-26(33)18-36-27-31-23(17-35-27)14-25(32)29-15-19-6-12-24(13-7-19)34-16-20-4-2-1-3-5-20/h1-13,17H,14-16,18H2,(H,29,32)(H,30,33). The number of carbonyl (C=O) groups excluding carboxylic acids is 2. The molecule has 0 aliphatic rings. The third-order valence-corrected chi connectivity index (χ3v) is 7.06. The van der Waals surface area contributed by atoms with Gasteiger partial charge in [-0.15, -0.1) is 11.3 Å². The van der Waals surface area contributed by atoms with Gasteiger partial charge in [-0.05, 0) is 47.5 Å². The SMILES string of the molecule is O=C(Cc1csc(SCC(=O)Nc2ccc(F)cc2)n1)NCc1ccc(OCc2ccccc2)cc1. The van der Waals surface area contributed by atoms with Gasteiger partial charge >= 0.3 is 0 Å². The molecule has 0 aliphatic carbocycles. The summed E-state index contributed by atoms with van der Waals surface area (Å²) in [7, 11) is 0. The fourth-order valence-electron chi connectivity index (χ4n) is 3.17. The Hall–Kier alpha value is -3.69. The average molecular weight is 522 g/mol. The summed E-state index contributed by atoms with van der Waals surface area (Å²) in [6.07, 6.45) is 0.164. The van der Waals surface area contributed by atoms with Gasteiger partial charge in [0.2, 0.25) is 11.8 Å². The van der Waals surface area contributed by atoms with E-state index in [1.54, 1.807) is 0 Å². The van der Waals surface area contributed by atoms with Crippen LogP contribution in [0, 0.1) is 5.82 Å². The highest BCUT2D eigenvalue weighted by Gasteiger charge is 2.10. The molecule has 3 aromatic carbocycles. The molecule has 0 aliphatic heterocycles. The minimum atomic E-state index is -0.358. The van der Waals surface area contributed by atoms with Crippen molar-refractivity contribution in [2.75, 3.05) is 11.1 Å². The van der Waals surface area contributed by atoms with Gasteiger partial charge in [0.15, 0.2) is 4.34 Å². The first-order chi connectivity index (χ1) is 17.5. The number of thioether (sulfide) groups is 1. The summed E-state index contributed by atoms with van der Waals surface area (Å²) in [5.41, 5.74) is 3.26. The second-order valence-electron chi connectivity index (χ2n) is 7.82. The minimum absolute atomic E-state index is 0.129. The zero-order valence-corrected chi connectivity index (χ0v) is 20.9. The highest BCUT2D eigenvalue weighted by molar-refractivity contribution is 8.01. The molecule has 2 N–H and O–H groups in total. The first-order valence-corrected chi connectivity index (χ1v) is 13.0. The number of benzene rings is 3. The summed E-state index contributed by atoms with van der Waals surface area (Å²) >= 11 is 2.68. The number of rotatable bonds is 11. The summed E-state index contributed by atoms with van der Waals surface area (Å²) in [4.78, 5) is 28.9. The van der Waals surface area contributed by atoms with Crippen LogP contribution in [-0.4, -0.2) is 22.6 Å². The van der Waals surface area contributed by atoms with Gasteiger partial charge < -0.3 is 15.4 Å². The Balaban J connectivity index is 1.16. The van der Waals surface area contributed by atoms with Gasteiger partial charge in [0, 0.05) is 17.6 Å². The molecule has 4 aromatic rings. The molecule has 0 fully saturated rings. The summed E-state index contributed by atoms with van der Waals surface area (Å²) in [5, 5.41) is 7.43. The van der Waals surface area contributed by atoms with E-state index < -0.39 is 0 Å². The maximum absolute atomic E-state index is 13.0. The van der Waals surface area contributed by atoms with E-state index in [1.807, 2.05) is 60.0 Å². The van der Waals surface area contributed by atoms with Crippen LogP contribution in [-0.2, 0) is 29.2 Å². The summed E-state index contributed by atoms with van der Waals surface area (Å²) in [5.74, 6) is 0.242. The van der Waals surface area contributed by atoms with Crippen molar-refractivity contribution in [2.24, 2.45) is 0 Å². The average Bonchev–Trinajstić information content (AvgIpc) is 3.35. The number of ether oxygens (including phenoxy) is 1. The van der Waals surface area contributed by atoms with E-state index in [0.717, 1.165) is 16.9 Å². The van der Waals surface area contributed by atoms with Crippen LogP contribution >= 0.6 is 23.1 Å². The number of amides is 2. The minimum Gasteiger partial charge on any atom is -0.489 e. The highest BCUT2D eigenvalue weighted by atomic mass is 32.2. The maximum Gasteiger partial charge on any atom is 0.234 e. The van der Waals surface area contributed by atoms with Crippen molar-refractivity contribution < 1.29 is 18.7 Å². The first-order valence-electron chi connectivity index (χ1n) is 11.2. The molecular weight excluding hydrogens is 497 g/mol. The molecule has 6 nitrogen and oxygen atoms in total. The van der Waals surface area contributed by atoms with Gasteiger partial charge in [-0.3, -0.25) is 9.59 Å². The zero-order chi connectivity index (χ0) is 25.2. The van der Waals surface area contributed by atoms with Crippen LogP contribution in [0.2, 0.25) is 0 Å². The number of nitrogens with one attached hydrogen (secondary N) is 2. The van der Waals surface area contributed by atoms with E-state index in [9.17, 15) is 14.0 Å². The Morgan fingerprint density at radius 2 is 1.67 bits per heavy atom. The third kappa shape index (κ3) is 8.21. The van der Waals surface area contributed by atoms with Gasteiger partial charge in [0.1, 0.15) is 18.2 Å². The Morgan fingerprint density at radius 1 is 0.917 bits per heavy atom.